The third kappa shape index (κ3) is 9.20. The number of rotatable bonds is 15. The molecule has 1 unspecified atom stereocenters. The van der Waals surface area contributed by atoms with Crippen LogP contribution in [0.5, 0.6) is 0 Å². The van der Waals surface area contributed by atoms with Gasteiger partial charge in [-0.25, -0.2) is 14.2 Å². The molecule has 0 saturated heterocycles. The van der Waals surface area contributed by atoms with Crippen LogP contribution in [0.15, 0.2) is 66.0 Å². The predicted octanol–water partition coefficient (Wildman–Crippen LogP) is -0.686. The highest BCUT2D eigenvalue weighted by Gasteiger charge is 2.39. The van der Waals surface area contributed by atoms with Crippen molar-refractivity contribution in [2.45, 2.75) is 62.8 Å². The number of imidazole rings is 1. The molecule has 1 aliphatic rings. The van der Waals surface area contributed by atoms with Gasteiger partial charge >= 0.3 is 6.03 Å². The van der Waals surface area contributed by atoms with Crippen molar-refractivity contribution in [2.24, 2.45) is 27.9 Å². The highest BCUT2D eigenvalue weighted by atomic mass is 19.1. The van der Waals surface area contributed by atoms with Crippen LogP contribution in [-0.2, 0) is 45.0 Å². The Kier molecular flexibility index (Phi) is 11.7. The first-order valence-corrected chi connectivity index (χ1v) is 16.5. The number of urea groups is 1. The van der Waals surface area contributed by atoms with Crippen LogP contribution in [0.3, 0.4) is 0 Å². The SMILES string of the molecule is NC(=O)N[C@@H](Cc1cnc[nH]1)C(=O)N[C@H](Cc1ccc(F)cc1)C(=O)N[C@@H](CCCN=C(N)N)C(=O)N1Cc2[nH]c3ccccc3c2CC1C(N)=O. The quantitative estimate of drug-likeness (QED) is 0.0430. The lowest BCUT2D eigenvalue weighted by Gasteiger charge is -2.36. The Labute approximate surface area is 297 Å². The average Bonchev–Trinajstić information content (AvgIpc) is 3.76. The van der Waals surface area contributed by atoms with E-state index >= 15 is 0 Å². The molecule has 4 aromatic rings. The molecule has 5 rings (SSSR count). The number of para-hydroxylation sites is 1. The predicted molar refractivity (Wildman–Crippen MR) is 188 cm³/mol. The number of guanidine groups is 1. The summed E-state index contributed by atoms with van der Waals surface area (Å²) in [5, 5.41) is 8.69. The maximum absolute atomic E-state index is 14.4. The number of hydrogen-bond acceptors (Lipinski definition) is 7. The topological polar surface area (TPSA) is 286 Å². The van der Waals surface area contributed by atoms with E-state index < -0.39 is 59.6 Å². The van der Waals surface area contributed by atoms with Gasteiger partial charge in [0.05, 0.1) is 12.9 Å². The minimum Gasteiger partial charge on any atom is -0.370 e. The lowest BCUT2D eigenvalue weighted by atomic mass is 9.94. The number of benzene rings is 2. The summed E-state index contributed by atoms with van der Waals surface area (Å²) in [4.78, 5) is 82.0. The second kappa shape index (κ2) is 16.5. The number of nitrogens with two attached hydrogens (primary N) is 4. The van der Waals surface area contributed by atoms with Crippen molar-refractivity contribution in [2.75, 3.05) is 6.54 Å². The molecule has 18 heteroatoms. The van der Waals surface area contributed by atoms with E-state index in [2.05, 4.69) is 35.9 Å². The zero-order valence-corrected chi connectivity index (χ0v) is 28.1. The van der Waals surface area contributed by atoms with E-state index in [-0.39, 0.29) is 51.2 Å². The van der Waals surface area contributed by atoms with Gasteiger partial charge in [0.2, 0.25) is 23.6 Å². The van der Waals surface area contributed by atoms with Gasteiger partial charge in [0.15, 0.2) is 5.96 Å². The fourth-order valence-corrected chi connectivity index (χ4v) is 6.26. The van der Waals surface area contributed by atoms with Crippen LogP contribution >= 0.6 is 0 Å². The van der Waals surface area contributed by atoms with Gasteiger partial charge < -0.3 is 53.8 Å². The average molecular weight is 717 g/mol. The van der Waals surface area contributed by atoms with Gasteiger partial charge in [-0.15, -0.1) is 0 Å². The van der Waals surface area contributed by atoms with Gasteiger partial charge in [0.1, 0.15) is 30.0 Å². The summed E-state index contributed by atoms with van der Waals surface area (Å²) in [6.45, 7) is 0.151. The molecule has 0 radical (unpaired) electrons. The van der Waals surface area contributed by atoms with Crippen molar-refractivity contribution < 1.29 is 28.4 Å². The fourth-order valence-electron chi connectivity index (χ4n) is 6.26. The number of carbonyl (C=O) groups is 5. The number of nitrogens with zero attached hydrogens (tertiary/aromatic N) is 3. The molecular formula is C34H41FN12O5. The molecule has 3 heterocycles. The largest absolute Gasteiger partial charge is 0.370 e. The molecule has 52 heavy (non-hydrogen) atoms. The molecule has 0 bridgehead atoms. The Hall–Kier alpha value is -6.46. The zero-order valence-electron chi connectivity index (χ0n) is 28.1. The van der Waals surface area contributed by atoms with Crippen molar-refractivity contribution in [1.29, 1.82) is 0 Å². The highest BCUT2D eigenvalue weighted by molar-refractivity contribution is 5.96. The van der Waals surface area contributed by atoms with Crippen molar-refractivity contribution >= 4 is 46.5 Å². The van der Waals surface area contributed by atoms with E-state index in [1.54, 1.807) is 0 Å². The second-order valence-corrected chi connectivity index (χ2v) is 12.5. The van der Waals surface area contributed by atoms with E-state index in [1.165, 1.54) is 41.7 Å². The van der Waals surface area contributed by atoms with Crippen LogP contribution in [0.4, 0.5) is 9.18 Å². The number of amides is 6. The van der Waals surface area contributed by atoms with Gasteiger partial charge in [0, 0.05) is 54.3 Å². The molecule has 0 saturated carbocycles. The van der Waals surface area contributed by atoms with Crippen molar-refractivity contribution in [1.82, 2.24) is 35.8 Å². The normalized spacial score (nSPS) is 15.5. The minimum absolute atomic E-state index is 0.0144. The van der Waals surface area contributed by atoms with Crippen LogP contribution in [0.2, 0.25) is 0 Å². The number of primary amides is 2. The van der Waals surface area contributed by atoms with Gasteiger partial charge in [-0.2, -0.15) is 0 Å². The molecule has 0 fully saturated rings. The molecule has 0 spiro atoms. The fraction of sp³-hybridized carbons (Fsp3) is 0.324. The van der Waals surface area contributed by atoms with Crippen molar-refractivity contribution in [3.8, 4) is 0 Å². The maximum Gasteiger partial charge on any atom is 0.312 e. The first kappa shape index (κ1) is 36.8. The summed E-state index contributed by atoms with van der Waals surface area (Å²) >= 11 is 0. The van der Waals surface area contributed by atoms with Gasteiger partial charge in [0.25, 0.3) is 0 Å². The molecule has 6 amide bonds. The number of carbonyl (C=O) groups excluding carboxylic acids is 5. The summed E-state index contributed by atoms with van der Waals surface area (Å²) in [5.41, 5.74) is 25.6. The Balaban J connectivity index is 1.43. The van der Waals surface area contributed by atoms with E-state index in [0.717, 1.165) is 22.2 Å². The molecular weight excluding hydrogens is 675 g/mol. The molecule has 1 aliphatic heterocycles. The third-order valence-corrected chi connectivity index (χ3v) is 8.77. The van der Waals surface area contributed by atoms with Gasteiger partial charge in [-0.3, -0.25) is 24.2 Å². The lowest BCUT2D eigenvalue weighted by Crippen LogP contribution is -2.60. The number of halogens is 1. The van der Waals surface area contributed by atoms with Crippen LogP contribution in [0.25, 0.3) is 10.9 Å². The molecule has 13 N–H and O–H groups in total. The monoisotopic (exact) mass is 716 g/mol. The Morgan fingerprint density at radius 3 is 2.27 bits per heavy atom. The molecule has 274 valence electrons. The smallest absolute Gasteiger partial charge is 0.312 e. The van der Waals surface area contributed by atoms with Crippen LogP contribution in [0.1, 0.15) is 35.4 Å². The molecule has 17 nitrogen and oxygen atoms in total. The summed E-state index contributed by atoms with van der Waals surface area (Å²) in [5.74, 6) is -3.50. The standard InChI is InChI=1S/C34H41FN12O5/c35-19-9-7-18(8-10-19)12-25(45-31(50)26(46-34(39)52)13-20-15-40-17-42-20)30(49)44-24(6-3-11-41-33(37)38)32(51)47-16-27-22(14-28(47)29(36)48)21-4-1-2-5-23(21)43-27/h1-2,4-5,7-10,15,17,24-26,28,43H,3,6,11-14,16H2,(H2,36,48)(H,40,42)(H,44,49)(H,45,50)(H4,37,38,41)(H3,39,46,52)/t24-,25+,26-,28?/m0/s1. The first-order chi connectivity index (χ1) is 24.9. The minimum atomic E-state index is -1.32. The molecule has 2 aromatic heterocycles. The summed E-state index contributed by atoms with van der Waals surface area (Å²) in [7, 11) is 0. The third-order valence-electron chi connectivity index (χ3n) is 8.77. The van der Waals surface area contributed by atoms with E-state index in [4.69, 9.17) is 22.9 Å². The van der Waals surface area contributed by atoms with E-state index in [1.807, 2.05) is 24.3 Å². The van der Waals surface area contributed by atoms with E-state index in [0.29, 0.717) is 11.3 Å². The van der Waals surface area contributed by atoms with Crippen LogP contribution in [-0.4, -0.2) is 86.2 Å². The van der Waals surface area contributed by atoms with Crippen molar-refractivity contribution in [3.05, 3.63) is 89.4 Å². The number of fused-ring (bicyclic) bond motifs is 3. The zero-order chi connectivity index (χ0) is 37.4. The summed E-state index contributed by atoms with van der Waals surface area (Å²) in [6.07, 6.45) is 3.16. The lowest BCUT2D eigenvalue weighted by molar-refractivity contribution is -0.144. The van der Waals surface area contributed by atoms with Gasteiger partial charge in [-0.05, 0) is 42.2 Å². The van der Waals surface area contributed by atoms with Crippen LogP contribution in [0, 0.1) is 5.82 Å². The number of aromatic amines is 2. The number of aliphatic imine (C=N–C) groups is 1. The van der Waals surface area contributed by atoms with Gasteiger partial charge in [-0.1, -0.05) is 30.3 Å². The number of H-pyrrole nitrogens is 2. The van der Waals surface area contributed by atoms with E-state index in [9.17, 15) is 28.4 Å². The van der Waals surface area contributed by atoms with Crippen molar-refractivity contribution in [3.63, 3.8) is 0 Å². The number of aromatic nitrogens is 3. The Bertz CT molecular complexity index is 1940. The summed E-state index contributed by atoms with van der Waals surface area (Å²) in [6, 6.07) is 7.11. The Morgan fingerprint density at radius 1 is 0.923 bits per heavy atom. The van der Waals surface area contributed by atoms with Crippen LogP contribution < -0.4 is 38.9 Å². The number of hydrogen-bond donors (Lipinski definition) is 9. The summed E-state index contributed by atoms with van der Waals surface area (Å²) < 4.78 is 13.8. The maximum atomic E-state index is 14.4. The first-order valence-electron chi connectivity index (χ1n) is 16.5. The molecule has 2 aromatic carbocycles. The second-order valence-electron chi connectivity index (χ2n) is 12.5. The molecule has 0 aliphatic carbocycles. The Morgan fingerprint density at radius 2 is 1.62 bits per heavy atom. The number of nitrogens with one attached hydrogen (secondary N) is 5. The molecule has 4 atom stereocenters. The highest BCUT2D eigenvalue weighted by Crippen LogP contribution is 2.31.